The van der Waals surface area contributed by atoms with Crippen LogP contribution in [0.2, 0.25) is 0 Å². The molecule has 5 heteroatoms. The van der Waals surface area contributed by atoms with Gasteiger partial charge in [-0.2, -0.15) is 5.10 Å². The van der Waals surface area contributed by atoms with Crippen LogP contribution >= 0.6 is 0 Å². The van der Waals surface area contributed by atoms with E-state index in [0.29, 0.717) is 19.5 Å². The first-order valence-corrected chi connectivity index (χ1v) is 6.03. The summed E-state index contributed by atoms with van der Waals surface area (Å²) in [4.78, 5) is 11.6. The molecule has 0 fully saturated rings. The zero-order valence-electron chi connectivity index (χ0n) is 10.4. The fraction of sp³-hybridized carbons (Fsp3) is 0.385. The number of nitrogens with one attached hydrogen (secondary N) is 1. The molecular weight excluding hydrogens is 230 g/mol. The van der Waals surface area contributed by atoms with E-state index in [1.54, 1.807) is 10.9 Å². The van der Waals surface area contributed by atoms with E-state index < -0.39 is 0 Å². The van der Waals surface area contributed by atoms with Crippen LogP contribution in [0, 0.1) is 6.92 Å². The number of aryl methyl sites for hydroxylation is 2. The van der Waals surface area contributed by atoms with Gasteiger partial charge in [0.2, 0.25) is 5.91 Å². The Morgan fingerprint density at radius 3 is 3.06 bits per heavy atom. The summed E-state index contributed by atoms with van der Waals surface area (Å²) in [6, 6.07) is 5.67. The maximum Gasteiger partial charge on any atom is 0.221 e. The summed E-state index contributed by atoms with van der Waals surface area (Å²) in [6.45, 7) is 3.14. The van der Waals surface area contributed by atoms with Crippen molar-refractivity contribution in [3.05, 3.63) is 42.1 Å². The van der Waals surface area contributed by atoms with Crippen LogP contribution in [-0.4, -0.2) is 22.2 Å². The molecule has 0 radical (unpaired) electrons. The molecule has 0 aliphatic rings. The smallest absolute Gasteiger partial charge is 0.221 e. The van der Waals surface area contributed by atoms with E-state index >= 15 is 0 Å². The maximum atomic E-state index is 11.6. The van der Waals surface area contributed by atoms with Crippen molar-refractivity contribution in [3.8, 4) is 0 Å². The van der Waals surface area contributed by atoms with Gasteiger partial charge in [-0.15, -0.1) is 0 Å². The molecule has 1 amide bonds. The quantitative estimate of drug-likeness (QED) is 0.842. The number of rotatable bonds is 6. The van der Waals surface area contributed by atoms with Gasteiger partial charge in [0, 0.05) is 32.1 Å². The maximum absolute atomic E-state index is 11.6. The lowest BCUT2D eigenvalue weighted by Crippen LogP contribution is -2.26. The number of carbonyl (C=O) groups excluding carboxylic acids is 1. The number of hydrogen-bond donors (Lipinski definition) is 1. The highest BCUT2D eigenvalue weighted by Gasteiger charge is 2.03. The minimum absolute atomic E-state index is 0.0368. The zero-order valence-corrected chi connectivity index (χ0v) is 10.4. The van der Waals surface area contributed by atoms with Crippen molar-refractivity contribution in [1.29, 1.82) is 0 Å². The van der Waals surface area contributed by atoms with Crippen molar-refractivity contribution in [2.24, 2.45) is 0 Å². The standard InChI is InChI=1S/C13H17N3O2/c1-11-5-8-16(15-11)9-6-13(17)14-7-4-12-3-2-10-18-12/h2-3,5,8,10H,4,6-7,9H2,1H3,(H,14,17). The van der Waals surface area contributed by atoms with Crippen LogP contribution in [0.3, 0.4) is 0 Å². The summed E-state index contributed by atoms with van der Waals surface area (Å²) in [7, 11) is 0. The molecule has 0 saturated carbocycles. The summed E-state index contributed by atoms with van der Waals surface area (Å²) >= 11 is 0. The summed E-state index contributed by atoms with van der Waals surface area (Å²) < 4.78 is 6.96. The number of aromatic nitrogens is 2. The molecule has 0 aliphatic carbocycles. The van der Waals surface area contributed by atoms with Gasteiger partial charge in [0.1, 0.15) is 5.76 Å². The summed E-state index contributed by atoms with van der Waals surface area (Å²) in [5, 5.41) is 7.08. The number of carbonyl (C=O) groups is 1. The Morgan fingerprint density at radius 1 is 1.50 bits per heavy atom. The third kappa shape index (κ3) is 3.76. The molecule has 0 unspecified atom stereocenters. The van der Waals surface area contributed by atoms with Crippen molar-refractivity contribution in [3.63, 3.8) is 0 Å². The second kappa shape index (κ2) is 6.05. The van der Waals surface area contributed by atoms with Crippen molar-refractivity contribution in [1.82, 2.24) is 15.1 Å². The van der Waals surface area contributed by atoms with Crippen LogP contribution in [0.15, 0.2) is 35.1 Å². The van der Waals surface area contributed by atoms with Crippen LogP contribution in [0.25, 0.3) is 0 Å². The molecule has 2 aromatic heterocycles. The number of furan rings is 1. The van der Waals surface area contributed by atoms with E-state index in [0.717, 1.165) is 17.9 Å². The van der Waals surface area contributed by atoms with Crippen molar-refractivity contribution < 1.29 is 9.21 Å². The Hall–Kier alpha value is -2.04. The molecule has 2 rings (SSSR count). The molecule has 18 heavy (non-hydrogen) atoms. The lowest BCUT2D eigenvalue weighted by Gasteiger charge is -2.04. The lowest BCUT2D eigenvalue weighted by atomic mass is 10.3. The molecule has 0 bridgehead atoms. The molecule has 0 aliphatic heterocycles. The SMILES string of the molecule is Cc1ccn(CCC(=O)NCCc2ccco2)n1. The highest BCUT2D eigenvalue weighted by Crippen LogP contribution is 1.99. The van der Waals surface area contributed by atoms with Gasteiger partial charge >= 0.3 is 0 Å². The largest absolute Gasteiger partial charge is 0.469 e. The van der Waals surface area contributed by atoms with Crippen LogP contribution in [-0.2, 0) is 17.8 Å². The van der Waals surface area contributed by atoms with E-state index in [1.165, 1.54) is 0 Å². The minimum Gasteiger partial charge on any atom is -0.469 e. The van der Waals surface area contributed by atoms with Crippen LogP contribution in [0.1, 0.15) is 17.9 Å². The zero-order chi connectivity index (χ0) is 12.8. The molecule has 1 N–H and O–H groups in total. The third-order valence-corrected chi connectivity index (χ3v) is 2.62. The average Bonchev–Trinajstić information content (AvgIpc) is 2.98. The molecule has 2 aromatic rings. The Balaban J connectivity index is 1.63. The monoisotopic (exact) mass is 247 g/mol. The number of amides is 1. The van der Waals surface area contributed by atoms with Crippen LogP contribution < -0.4 is 5.32 Å². The van der Waals surface area contributed by atoms with Gasteiger partial charge in [-0.05, 0) is 25.1 Å². The van der Waals surface area contributed by atoms with Gasteiger partial charge in [-0.1, -0.05) is 0 Å². The van der Waals surface area contributed by atoms with E-state index in [1.807, 2.05) is 31.3 Å². The first kappa shape index (κ1) is 12.4. The first-order chi connectivity index (χ1) is 8.74. The predicted octanol–water partition coefficient (Wildman–Crippen LogP) is 1.53. The van der Waals surface area contributed by atoms with Crippen molar-refractivity contribution >= 4 is 5.91 Å². The van der Waals surface area contributed by atoms with Crippen molar-refractivity contribution in [2.75, 3.05) is 6.54 Å². The molecule has 96 valence electrons. The summed E-state index contributed by atoms with van der Waals surface area (Å²) in [6.07, 6.45) is 4.68. The Morgan fingerprint density at radius 2 is 2.39 bits per heavy atom. The van der Waals surface area contributed by atoms with Crippen LogP contribution in [0.5, 0.6) is 0 Å². The fourth-order valence-electron chi connectivity index (χ4n) is 1.67. The van der Waals surface area contributed by atoms with Gasteiger partial charge in [0.25, 0.3) is 0 Å². The Kier molecular flexibility index (Phi) is 4.17. The summed E-state index contributed by atoms with van der Waals surface area (Å²) in [5.74, 6) is 0.924. The number of nitrogens with zero attached hydrogens (tertiary/aromatic N) is 2. The van der Waals surface area contributed by atoms with Gasteiger partial charge < -0.3 is 9.73 Å². The van der Waals surface area contributed by atoms with Gasteiger partial charge in [0.05, 0.1) is 12.0 Å². The topological polar surface area (TPSA) is 60.1 Å². The molecule has 5 nitrogen and oxygen atoms in total. The fourth-order valence-corrected chi connectivity index (χ4v) is 1.67. The first-order valence-electron chi connectivity index (χ1n) is 6.03. The third-order valence-electron chi connectivity index (χ3n) is 2.62. The second-order valence-electron chi connectivity index (χ2n) is 4.15. The normalized spacial score (nSPS) is 10.5. The van der Waals surface area contributed by atoms with E-state index in [9.17, 15) is 4.79 Å². The molecule has 2 heterocycles. The van der Waals surface area contributed by atoms with E-state index in [2.05, 4.69) is 10.4 Å². The Labute approximate surface area is 106 Å². The molecule has 0 saturated heterocycles. The van der Waals surface area contributed by atoms with E-state index in [4.69, 9.17) is 4.42 Å². The van der Waals surface area contributed by atoms with Gasteiger partial charge in [0.15, 0.2) is 0 Å². The highest BCUT2D eigenvalue weighted by atomic mass is 16.3. The second-order valence-corrected chi connectivity index (χ2v) is 4.15. The van der Waals surface area contributed by atoms with Crippen LogP contribution in [0.4, 0.5) is 0 Å². The minimum atomic E-state index is 0.0368. The predicted molar refractivity (Wildman–Crippen MR) is 67.0 cm³/mol. The van der Waals surface area contributed by atoms with Crippen molar-refractivity contribution in [2.45, 2.75) is 26.3 Å². The van der Waals surface area contributed by atoms with Gasteiger partial charge in [-0.3, -0.25) is 9.48 Å². The molecule has 0 atom stereocenters. The van der Waals surface area contributed by atoms with Gasteiger partial charge in [-0.25, -0.2) is 0 Å². The average molecular weight is 247 g/mol. The number of hydrogen-bond acceptors (Lipinski definition) is 3. The highest BCUT2D eigenvalue weighted by molar-refractivity contribution is 5.75. The molecule has 0 aromatic carbocycles. The molecular formula is C13H17N3O2. The Bertz CT molecular complexity index is 488. The lowest BCUT2D eigenvalue weighted by molar-refractivity contribution is -0.121. The summed E-state index contributed by atoms with van der Waals surface area (Å²) in [5.41, 5.74) is 0.966. The van der Waals surface area contributed by atoms with E-state index in [-0.39, 0.29) is 5.91 Å². The molecule has 0 spiro atoms.